The van der Waals surface area contributed by atoms with E-state index >= 15 is 0 Å². The highest BCUT2D eigenvalue weighted by molar-refractivity contribution is 5.71. The zero-order chi connectivity index (χ0) is 23.9. The van der Waals surface area contributed by atoms with E-state index in [0.29, 0.717) is 6.42 Å². The first kappa shape index (κ1) is 25.8. The van der Waals surface area contributed by atoms with Crippen molar-refractivity contribution in [1.82, 2.24) is 0 Å². The molecule has 1 unspecified atom stereocenters. The molecule has 8 nitrogen and oxygen atoms in total. The van der Waals surface area contributed by atoms with Gasteiger partial charge in [-0.2, -0.15) is 0 Å². The van der Waals surface area contributed by atoms with Gasteiger partial charge in [-0.15, -0.1) is 0 Å². The summed E-state index contributed by atoms with van der Waals surface area (Å²) in [5, 5.41) is 10.7. The fourth-order valence-corrected chi connectivity index (χ4v) is 3.23. The molecule has 2 aromatic carbocycles. The number of nitrogens with zero attached hydrogens (tertiary/aromatic N) is 1. The molecule has 0 fully saturated rings. The van der Waals surface area contributed by atoms with E-state index in [4.69, 9.17) is 14.2 Å². The summed E-state index contributed by atoms with van der Waals surface area (Å²) in [4.78, 5) is 34.8. The van der Waals surface area contributed by atoms with Crippen LogP contribution in [0.25, 0.3) is 0 Å². The second-order valence-electron chi connectivity index (χ2n) is 7.75. The van der Waals surface area contributed by atoms with Crippen molar-refractivity contribution in [3.05, 3.63) is 70.3 Å². The van der Waals surface area contributed by atoms with Crippen LogP contribution in [0.2, 0.25) is 0 Å². The number of carbonyl (C=O) groups excluding carboxylic acids is 2. The van der Waals surface area contributed by atoms with Crippen LogP contribution in [0.15, 0.2) is 54.6 Å². The Hall–Kier alpha value is -3.42. The third-order valence-electron chi connectivity index (χ3n) is 5.03. The van der Waals surface area contributed by atoms with E-state index in [0.717, 1.165) is 37.7 Å². The maximum absolute atomic E-state index is 12.3. The summed E-state index contributed by atoms with van der Waals surface area (Å²) in [7, 11) is 0. The summed E-state index contributed by atoms with van der Waals surface area (Å²) in [6, 6.07) is 14.4. The molecule has 33 heavy (non-hydrogen) atoms. The van der Waals surface area contributed by atoms with Crippen molar-refractivity contribution in [2.75, 3.05) is 0 Å². The van der Waals surface area contributed by atoms with E-state index in [1.807, 2.05) is 30.3 Å². The third kappa shape index (κ3) is 10.6. The van der Waals surface area contributed by atoms with Crippen molar-refractivity contribution in [1.29, 1.82) is 0 Å². The van der Waals surface area contributed by atoms with Crippen LogP contribution in [0.5, 0.6) is 5.75 Å². The van der Waals surface area contributed by atoms with Crippen molar-refractivity contribution < 1.29 is 28.7 Å². The second-order valence-corrected chi connectivity index (χ2v) is 7.75. The van der Waals surface area contributed by atoms with Gasteiger partial charge in [-0.05, 0) is 30.5 Å². The van der Waals surface area contributed by atoms with Crippen LogP contribution >= 0.6 is 0 Å². The predicted molar refractivity (Wildman–Crippen MR) is 123 cm³/mol. The minimum atomic E-state index is -0.962. The maximum atomic E-state index is 12.3. The van der Waals surface area contributed by atoms with Gasteiger partial charge in [0, 0.05) is 12.1 Å². The fraction of sp³-hybridized carbons (Fsp3) is 0.440. The number of ether oxygens (including phenoxy) is 3. The third-order valence-corrected chi connectivity index (χ3v) is 5.03. The first-order valence-corrected chi connectivity index (χ1v) is 11.3. The molecule has 0 aromatic heterocycles. The van der Waals surface area contributed by atoms with Crippen LogP contribution in [0, 0.1) is 10.1 Å². The number of non-ortho nitro benzene ring substituents is 1. The molecule has 0 amide bonds. The first-order valence-electron chi connectivity index (χ1n) is 11.3. The smallest absolute Gasteiger partial charge is 0.461 e. The summed E-state index contributed by atoms with van der Waals surface area (Å²) in [6.45, 7) is 2.30. The minimum absolute atomic E-state index is 0.0723. The summed E-state index contributed by atoms with van der Waals surface area (Å²) < 4.78 is 15.8. The number of carbonyl (C=O) groups is 2. The molecule has 2 rings (SSSR count). The van der Waals surface area contributed by atoms with Crippen LogP contribution < -0.4 is 4.74 Å². The van der Waals surface area contributed by atoms with Crippen LogP contribution in [0.1, 0.15) is 63.9 Å². The average molecular weight is 458 g/mol. The Morgan fingerprint density at radius 1 is 0.939 bits per heavy atom. The van der Waals surface area contributed by atoms with Crippen molar-refractivity contribution >= 4 is 17.8 Å². The SMILES string of the molecule is CCCCCCCCC(CC(=O)OCc1ccccc1)OC(=O)Oc1ccc([N+](=O)[O-])cc1. The van der Waals surface area contributed by atoms with E-state index in [2.05, 4.69) is 6.92 Å². The molecule has 8 heteroatoms. The van der Waals surface area contributed by atoms with E-state index in [9.17, 15) is 19.7 Å². The topological polar surface area (TPSA) is 105 Å². The van der Waals surface area contributed by atoms with Crippen molar-refractivity contribution in [2.24, 2.45) is 0 Å². The zero-order valence-electron chi connectivity index (χ0n) is 18.9. The highest BCUT2D eigenvalue weighted by atomic mass is 16.7. The Morgan fingerprint density at radius 2 is 1.61 bits per heavy atom. The van der Waals surface area contributed by atoms with Crippen LogP contribution in [-0.4, -0.2) is 23.2 Å². The largest absolute Gasteiger partial charge is 0.514 e. The van der Waals surface area contributed by atoms with E-state index in [1.54, 1.807) is 0 Å². The van der Waals surface area contributed by atoms with Gasteiger partial charge in [0.2, 0.25) is 0 Å². The lowest BCUT2D eigenvalue weighted by Crippen LogP contribution is -2.24. The summed E-state index contributed by atoms with van der Waals surface area (Å²) in [5.74, 6) is -0.339. The Balaban J connectivity index is 1.87. The maximum Gasteiger partial charge on any atom is 0.514 e. The molecule has 0 aliphatic heterocycles. The number of unbranched alkanes of at least 4 members (excludes halogenated alkanes) is 5. The van der Waals surface area contributed by atoms with Crippen LogP contribution in [-0.2, 0) is 20.9 Å². The van der Waals surface area contributed by atoms with Gasteiger partial charge in [-0.3, -0.25) is 14.9 Å². The molecule has 0 N–H and O–H groups in total. The monoisotopic (exact) mass is 457 g/mol. The quantitative estimate of drug-likeness (QED) is 0.107. The molecule has 0 aliphatic carbocycles. The minimum Gasteiger partial charge on any atom is -0.461 e. The fourth-order valence-electron chi connectivity index (χ4n) is 3.23. The Bertz CT molecular complexity index is 868. The van der Waals surface area contributed by atoms with E-state index in [-0.39, 0.29) is 24.5 Å². The van der Waals surface area contributed by atoms with Gasteiger partial charge in [0.1, 0.15) is 18.5 Å². The van der Waals surface area contributed by atoms with Crippen molar-refractivity contribution in [3.8, 4) is 5.75 Å². The van der Waals surface area contributed by atoms with Gasteiger partial charge in [-0.25, -0.2) is 4.79 Å². The summed E-state index contributed by atoms with van der Waals surface area (Å²) in [5.41, 5.74) is 0.759. The van der Waals surface area contributed by atoms with E-state index < -0.39 is 23.2 Å². The summed E-state index contributed by atoms with van der Waals surface area (Å²) >= 11 is 0. The number of esters is 1. The van der Waals surface area contributed by atoms with Gasteiger partial charge < -0.3 is 14.2 Å². The average Bonchev–Trinajstić information content (AvgIpc) is 2.81. The van der Waals surface area contributed by atoms with Gasteiger partial charge >= 0.3 is 12.1 Å². The zero-order valence-corrected chi connectivity index (χ0v) is 18.9. The Labute approximate surface area is 194 Å². The number of benzene rings is 2. The number of hydrogen-bond donors (Lipinski definition) is 0. The van der Waals surface area contributed by atoms with Gasteiger partial charge in [0.25, 0.3) is 5.69 Å². The molecule has 0 aliphatic rings. The lowest BCUT2D eigenvalue weighted by Gasteiger charge is -2.17. The normalized spacial score (nSPS) is 11.4. The Kier molecular flexibility index (Phi) is 11.4. The van der Waals surface area contributed by atoms with Gasteiger partial charge in [-0.1, -0.05) is 69.4 Å². The molecule has 0 heterocycles. The molecule has 1 atom stereocenters. The highest BCUT2D eigenvalue weighted by Gasteiger charge is 2.21. The molecular formula is C25H31NO7. The summed E-state index contributed by atoms with van der Waals surface area (Å²) in [6.07, 6.45) is 5.19. The molecule has 0 saturated heterocycles. The Morgan fingerprint density at radius 3 is 2.27 bits per heavy atom. The molecular weight excluding hydrogens is 426 g/mol. The van der Waals surface area contributed by atoms with Crippen molar-refractivity contribution in [2.45, 2.75) is 71.0 Å². The van der Waals surface area contributed by atoms with Gasteiger partial charge in [0.15, 0.2) is 0 Å². The number of nitro benzene ring substituents is 1. The van der Waals surface area contributed by atoms with Crippen molar-refractivity contribution in [3.63, 3.8) is 0 Å². The lowest BCUT2D eigenvalue weighted by atomic mass is 10.1. The molecule has 178 valence electrons. The van der Waals surface area contributed by atoms with E-state index in [1.165, 1.54) is 30.7 Å². The molecule has 0 bridgehead atoms. The molecule has 0 saturated carbocycles. The number of nitro groups is 1. The standard InChI is InChI=1S/C25H31NO7/c1-2-3-4-5-6-10-13-23(18-24(27)31-19-20-11-8-7-9-12-20)33-25(28)32-22-16-14-21(15-17-22)26(29)30/h7-9,11-12,14-17,23H,2-6,10,13,18-19H2,1H3. The molecule has 0 radical (unpaired) electrons. The second kappa shape index (κ2) is 14.6. The number of rotatable bonds is 14. The molecule has 0 spiro atoms. The highest BCUT2D eigenvalue weighted by Crippen LogP contribution is 2.19. The first-order chi connectivity index (χ1) is 16.0. The molecule has 2 aromatic rings. The van der Waals surface area contributed by atoms with Gasteiger partial charge in [0.05, 0.1) is 11.3 Å². The number of hydrogen-bond acceptors (Lipinski definition) is 7. The lowest BCUT2D eigenvalue weighted by molar-refractivity contribution is -0.384. The van der Waals surface area contributed by atoms with Crippen LogP contribution in [0.3, 0.4) is 0 Å². The van der Waals surface area contributed by atoms with Crippen LogP contribution in [0.4, 0.5) is 10.5 Å². The predicted octanol–water partition coefficient (Wildman–Crippen LogP) is 6.36.